The highest BCUT2D eigenvalue weighted by Crippen LogP contribution is 2.09. The Morgan fingerprint density at radius 1 is 1.67 bits per heavy atom. The van der Waals surface area contributed by atoms with E-state index in [4.69, 9.17) is 4.84 Å². The summed E-state index contributed by atoms with van der Waals surface area (Å²) in [4.78, 5) is 4.86. The summed E-state index contributed by atoms with van der Waals surface area (Å²) >= 11 is 0. The summed E-state index contributed by atoms with van der Waals surface area (Å²) in [5, 5.41) is 3.83. The van der Waals surface area contributed by atoms with Crippen molar-refractivity contribution in [1.29, 1.82) is 0 Å². The zero-order chi connectivity index (χ0) is 6.69. The summed E-state index contributed by atoms with van der Waals surface area (Å²) in [5.74, 6) is 0. The monoisotopic (exact) mass is 125 g/mol. The lowest BCUT2D eigenvalue weighted by Crippen LogP contribution is -2.07. The molecule has 0 aromatic rings. The van der Waals surface area contributed by atoms with Crippen molar-refractivity contribution >= 4 is 5.71 Å². The molecule has 1 rings (SSSR count). The van der Waals surface area contributed by atoms with Crippen LogP contribution in [-0.2, 0) is 4.84 Å². The predicted octanol–water partition coefficient (Wildman–Crippen LogP) is 1.73. The van der Waals surface area contributed by atoms with E-state index in [2.05, 4.69) is 11.2 Å². The van der Waals surface area contributed by atoms with Gasteiger partial charge in [0.05, 0.1) is 5.71 Å². The van der Waals surface area contributed by atoms with Crippen LogP contribution in [0.15, 0.2) is 16.8 Å². The van der Waals surface area contributed by atoms with Gasteiger partial charge in [-0.15, -0.1) is 0 Å². The molecule has 1 aliphatic heterocycles. The third-order valence-electron chi connectivity index (χ3n) is 1.48. The van der Waals surface area contributed by atoms with Crippen molar-refractivity contribution in [2.24, 2.45) is 5.16 Å². The average molecular weight is 125 g/mol. The van der Waals surface area contributed by atoms with Crippen LogP contribution in [0.3, 0.4) is 0 Å². The smallest absolute Gasteiger partial charge is 0.121 e. The molecule has 0 unspecified atom stereocenters. The summed E-state index contributed by atoms with van der Waals surface area (Å²) < 4.78 is 0. The van der Waals surface area contributed by atoms with Crippen LogP contribution in [0.5, 0.6) is 0 Å². The van der Waals surface area contributed by atoms with E-state index < -0.39 is 0 Å². The molecule has 0 N–H and O–H groups in total. The van der Waals surface area contributed by atoms with Gasteiger partial charge in [-0.3, -0.25) is 0 Å². The number of hydrogen-bond donors (Lipinski definition) is 0. The van der Waals surface area contributed by atoms with E-state index in [0.29, 0.717) is 0 Å². The van der Waals surface area contributed by atoms with E-state index in [1.807, 2.05) is 13.8 Å². The summed E-state index contributed by atoms with van der Waals surface area (Å²) in [6.07, 6.45) is 3.09. The molecular formula is C7H11NO. The summed E-state index contributed by atoms with van der Waals surface area (Å²) in [7, 11) is 0. The first-order chi connectivity index (χ1) is 4.34. The van der Waals surface area contributed by atoms with Crippen LogP contribution in [0, 0.1) is 0 Å². The maximum Gasteiger partial charge on any atom is 0.121 e. The van der Waals surface area contributed by atoms with Gasteiger partial charge in [-0.05, 0) is 19.4 Å². The van der Waals surface area contributed by atoms with E-state index in [1.165, 1.54) is 5.57 Å². The summed E-state index contributed by atoms with van der Waals surface area (Å²) in [6.45, 7) is 4.73. The topological polar surface area (TPSA) is 21.6 Å². The quantitative estimate of drug-likeness (QED) is 0.483. The molecule has 2 nitrogen and oxygen atoms in total. The molecule has 50 valence electrons. The van der Waals surface area contributed by atoms with Crippen molar-refractivity contribution in [1.82, 2.24) is 0 Å². The first kappa shape index (κ1) is 6.33. The molecule has 0 aliphatic carbocycles. The first-order valence-electron chi connectivity index (χ1n) is 3.16. The number of rotatable bonds is 0. The highest BCUT2D eigenvalue weighted by atomic mass is 16.6. The fraction of sp³-hybridized carbons (Fsp3) is 0.571. The van der Waals surface area contributed by atoms with Gasteiger partial charge in [0, 0.05) is 6.42 Å². The molecule has 0 bridgehead atoms. The Kier molecular flexibility index (Phi) is 1.88. The average Bonchev–Trinajstić information content (AvgIpc) is 1.89. The molecule has 0 fully saturated rings. The van der Waals surface area contributed by atoms with Crippen molar-refractivity contribution < 1.29 is 4.84 Å². The zero-order valence-electron chi connectivity index (χ0n) is 5.85. The van der Waals surface area contributed by atoms with Crippen LogP contribution < -0.4 is 0 Å². The number of hydrogen-bond acceptors (Lipinski definition) is 2. The van der Waals surface area contributed by atoms with Gasteiger partial charge in [0.2, 0.25) is 0 Å². The third kappa shape index (κ3) is 1.31. The van der Waals surface area contributed by atoms with E-state index in [0.717, 1.165) is 18.7 Å². The molecule has 9 heavy (non-hydrogen) atoms. The lowest BCUT2D eigenvalue weighted by molar-refractivity contribution is 0.140. The van der Waals surface area contributed by atoms with Gasteiger partial charge in [0.1, 0.15) is 6.61 Å². The van der Waals surface area contributed by atoms with E-state index in [9.17, 15) is 0 Å². The second-order valence-electron chi connectivity index (χ2n) is 2.07. The van der Waals surface area contributed by atoms with Crippen LogP contribution in [0.4, 0.5) is 0 Å². The van der Waals surface area contributed by atoms with Crippen molar-refractivity contribution in [3.63, 3.8) is 0 Å². The Labute approximate surface area is 55.2 Å². The van der Waals surface area contributed by atoms with Gasteiger partial charge in [0.15, 0.2) is 0 Å². The van der Waals surface area contributed by atoms with Gasteiger partial charge in [-0.25, -0.2) is 0 Å². The number of nitrogens with zero attached hydrogens (tertiary/aromatic N) is 1. The van der Waals surface area contributed by atoms with Crippen molar-refractivity contribution in [2.45, 2.75) is 20.3 Å². The third-order valence-corrected chi connectivity index (χ3v) is 1.48. The minimum atomic E-state index is 0.733. The van der Waals surface area contributed by atoms with Crippen molar-refractivity contribution in [2.75, 3.05) is 6.61 Å². The fourth-order valence-electron chi connectivity index (χ4n) is 0.891. The molecule has 0 saturated carbocycles. The normalized spacial score (nSPS) is 23.3. The Bertz CT molecular complexity index is 158. The van der Waals surface area contributed by atoms with Gasteiger partial charge in [-0.2, -0.15) is 0 Å². The molecule has 0 amide bonds. The highest BCUT2D eigenvalue weighted by Gasteiger charge is 2.05. The van der Waals surface area contributed by atoms with Gasteiger partial charge in [-0.1, -0.05) is 11.2 Å². The van der Waals surface area contributed by atoms with E-state index in [1.54, 1.807) is 0 Å². The largest absolute Gasteiger partial charge is 0.395 e. The van der Waals surface area contributed by atoms with Crippen molar-refractivity contribution in [3.05, 3.63) is 11.6 Å². The van der Waals surface area contributed by atoms with Crippen LogP contribution >= 0.6 is 0 Å². The number of oxime groups is 1. The lowest BCUT2D eigenvalue weighted by atomic mass is 10.1. The Morgan fingerprint density at radius 3 is 2.89 bits per heavy atom. The second kappa shape index (κ2) is 2.67. The van der Waals surface area contributed by atoms with Gasteiger partial charge < -0.3 is 4.84 Å². The Morgan fingerprint density at radius 2 is 2.44 bits per heavy atom. The highest BCUT2D eigenvalue weighted by molar-refractivity contribution is 5.98. The molecule has 0 aromatic heterocycles. The standard InChI is InChI=1S/C7H11NO/c1-3-7-4-5-9-8-6(7)2/h3H,4-5H2,1-2H3/b7-3-. The molecule has 0 atom stereocenters. The maximum absolute atomic E-state index is 4.86. The van der Waals surface area contributed by atoms with Crippen LogP contribution in [0.25, 0.3) is 0 Å². The second-order valence-corrected chi connectivity index (χ2v) is 2.07. The molecule has 0 saturated heterocycles. The molecule has 0 radical (unpaired) electrons. The maximum atomic E-state index is 4.86. The fourth-order valence-corrected chi connectivity index (χ4v) is 0.891. The van der Waals surface area contributed by atoms with E-state index >= 15 is 0 Å². The minimum absolute atomic E-state index is 0.733. The van der Waals surface area contributed by atoms with Crippen LogP contribution in [0.2, 0.25) is 0 Å². The molecule has 0 aromatic carbocycles. The Balaban J connectivity index is 2.73. The Hall–Kier alpha value is -0.790. The lowest BCUT2D eigenvalue weighted by Gasteiger charge is -2.10. The number of allylic oxidation sites excluding steroid dienone is 1. The molecule has 0 spiro atoms. The van der Waals surface area contributed by atoms with Crippen LogP contribution in [-0.4, -0.2) is 12.3 Å². The SMILES string of the molecule is C/C=C1/CCON=C1C. The first-order valence-corrected chi connectivity index (χ1v) is 3.16. The molecule has 1 heterocycles. The summed E-state index contributed by atoms with van der Waals surface area (Å²) in [5.41, 5.74) is 2.32. The molecule has 2 heteroatoms. The molecular weight excluding hydrogens is 114 g/mol. The van der Waals surface area contributed by atoms with Crippen molar-refractivity contribution in [3.8, 4) is 0 Å². The zero-order valence-corrected chi connectivity index (χ0v) is 5.85. The van der Waals surface area contributed by atoms with Gasteiger partial charge >= 0.3 is 0 Å². The minimum Gasteiger partial charge on any atom is -0.395 e. The summed E-state index contributed by atoms with van der Waals surface area (Å²) in [6, 6.07) is 0. The predicted molar refractivity (Wildman–Crippen MR) is 37.4 cm³/mol. The molecule has 1 aliphatic rings. The van der Waals surface area contributed by atoms with Gasteiger partial charge in [0.25, 0.3) is 0 Å². The van der Waals surface area contributed by atoms with Crippen LogP contribution in [0.1, 0.15) is 20.3 Å². The van der Waals surface area contributed by atoms with E-state index in [-0.39, 0.29) is 0 Å².